The fraction of sp³-hybridized carbons (Fsp3) is 0.560. The standard InChI is InChI=1S/C25H35N3O4/c1-7-18-13-11-12-16-20(18)21(22(29)27-19-14-9-8-10-15-19)28(6)23(30)17(2)26-24(31)32-25(3,4)5/h1,11-13,16-17,19,21H,8-10,14-15H2,2-6H3,(H,26,31)(H,27,29). The van der Waals surface area contributed by atoms with Crippen LogP contribution < -0.4 is 10.6 Å². The lowest BCUT2D eigenvalue weighted by atomic mass is 9.94. The van der Waals surface area contributed by atoms with Gasteiger partial charge in [-0.25, -0.2) is 4.79 Å². The molecule has 1 saturated carbocycles. The van der Waals surface area contributed by atoms with E-state index in [9.17, 15) is 14.4 Å². The Bertz CT molecular complexity index is 863. The summed E-state index contributed by atoms with van der Waals surface area (Å²) in [7, 11) is 1.55. The molecule has 3 amide bonds. The van der Waals surface area contributed by atoms with E-state index in [1.54, 1.807) is 59.0 Å². The Morgan fingerprint density at radius 2 is 1.78 bits per heavy atom. The summed E-state index contributed by atoms with van der Waals surface area (Å²) in [5.74, 6) is 1.91. The molecule has 7 nitrogen and oxygen atoms in total. The van der Waals surface area contributed by atoms with E-state index in [2.05, 4.69) is 16.6 Å². The van der Waals surface area contributed by atoms with E-state index < -0.39 is 29.7 Å². The smallest absolute Gasteiger partial charge is 0.408 e. The number of carbonyl (C=O) groups is 3. The molecule has 7 heteroatoms. The Morgan fingerprint density at radius 1 is 1.16 bits per heavy atom. The predicted octanol–water partition coefficient (Wildman–Crippen LogP) is 3.53. The molecule has 1 aromatic rings. The van der Waals surface area contributed by atoms with Crippen molar-refractivity contribution in [2.45, 2.75) is 83.5 Å². The third kappa shape index (κ3) is 7.01. The first-order valence-corrected chi connectivity index (χ1v) is 11.2. The fourth-order valence-corrected chi connectivity index (χ4v) is 3.90. The molecule has 0 aromatic heterocycles. The van der Waals surface area contributed by atoms with Crippen LogP contribution in [0.2, 0.25) is 0 Å². The second-order valence-corrected chi connectivity index (χ2v) is 9.29. The van der Waals surface area contributed by atoms with Gasteiger partial charge in [0.05, 0.1) is 0 Å². The number of rotatable bonds is 6. The summed E-state index contributed by atoms with van der Waals surface area (Å²) in [6, 6.07) is 5.36. The van der Waals surface area contributed by atoms with Gasteiger partial charge in [0, 0.05) is 18.7 Å². The van der Waals surface area contributed by atoms with Gasteiger partial charge < -0.3 is 20.3 Å². The molecule has 2 atom stereocenters. The number of terminal acetylenes is 1. The highest BCUT2D eigenvalue weighted by Gasteiger charge is 2.34. The molecule has 0 bridgehead atoms. The lowest BCUT2D eigenvalue weighted by Gasteiger charge is -2.33. The molecule has 2 N–H and O–H groups in total. The number of alkyl carbamates (subject to hydrolysis) is 1. The third-order valence-corrected chi connectivity index (χ3v) is 5.45. The molecular formula is C25H35N3O4. The third-order valence-electron chi connectivity index (χ3n) is 5.45. The summed E-state index contributed by atoms with van der Waals surface area (Å²) < 4.78 is 5.24. The molecule has 0 heterocycles. The number of amides is 3. The maximum Gasteiger partial charge on any atom is 0.408 e. The van der Waals surface area contributed by atoms with Crippen molar-refractivity contribution in [2.75, 3.05) is 7.05 Å². The molecule has 0 saturated heterocycles. The van der Waals surface area contributed by atoms with Crippen molar-refractivity contribution in [1.82, 2.24) is 15.5 Å². The highest BCUT2D eigenvalue weighted by molar-refractivity contribution is 5.92. The number of carbonyl (C=O) groups excluding carboxylic acids is 3. The van der Waals surface area contributed by atoms with Gasteiger partial charge in [-0.2, -0.15) is 0 Å². The number of hydrogen-bond donors (Lipinski definition) is 2. The lowest BCUT2D eigenvalue weighted by Crippen LogP contribution is -2.51. The SMILES string of the molecule is C#Cc1ccccc1C(C(=O)NC1CCCCC1)N(C)C(=O)C(C)NC(=O)OC(C)(C)C. The fourth-order valence-electron chi connectivity index (χ4n) is 3.90. The first-order chi connectivity index (χ1) is 15.0. The van der Waals surface area contributed by atoms with Gasteiger partial charge in [-0.3, -0.25) is 9.59 Å². The Hall–Kier alpha value is -3.01. The molecule has 1 aromatic carbocycles. The van der Waals surface area contributed by atoms with Gasteiger partial charge in [0.1, 0.15) is 17.7 Å². The van der Waals surface area contributed by atoms with Crippen molar-refractivity contribution in [2.24, 2.45) is 0 Å². The van der Waals surface area contributed by atoms with Gasteiger partial charge >= 0.3 is 6.09 Å². The van der Waals surface area contributed by atoms with E-state index in [4.69, 9.17) is 11.2 Å². The zero-order valence-corrected chi connectivity index (χ0v) is 19.7. The molecule has 2 unspecified atom stereocenters. The van der Waals surface area contributed by atoms with E-state index in [-0.39, 0.29) is 11.9 Å². The summed E-state index contributed by atoms with van der Waals surface area (Å²) in [5.41, 5.74) is 0.430. The lowest BCUT2D eigenvalue weighted by molar-refractivity contribution is -0.140. The van der Waals surface area contributed by atoms with Crippen LogP contribution in [-0.2, 0) is 14.3 Å². The van der Waals surface area contributed by atoms with Crippen LogP contribution in [0, 0.1) is 12.3 Å². The Balaban J connectivity index is 2.25. The molecule has 1 aliphatic rings. The summed E-state index contributed by atoms with van der Waals surface area (Å²) in [5, 5.41) is 5.65. The highest BCUT2D eigenvalue weighted by Crippen LogP contribution is 2.26. The van der Waals surface area contributed by atoms with Gasteiger partial charge in [0.15, 0.2) is 0 Å². The van der Waals surface area contributed by atoms with Crippen molar-refractivity contribution >= 4 is 17.9 Å². The van der Waals surface area contributed by atoms with Gasteiger partial charge in [0.25, 0.3) is 0 Å². The summed E-state index contributed by atoms with van der Waals surface area (Å²) in [6.45, 7) is 6.79. The van der Waals surface area contributed by atoms with Crippen LogP contribution in [0.1, 0.15) is 77.0 Å². The van der Waals surface area contributed by atoms with Crippen LogP contribution in [0.4, 0.5) is 4.79 Å². The molecular weight excluding hydrogens is 406 g/mol. The van der Waals surface area contributed by atoms with Crippen molar-refractivity contribution < 1.29 is 19.1 Å². The minimum atomic E-state index is -0.917. The molecule has 1 fully saturated rings. The van der Waals surface area contributed by atoms with Crippen molar-refractivity contribution in [3.05, 3.63) is 35.4 Å². The zero-order chi connectivity index (χ0) is 23.9. The summed E-state index contributed by atoms with van der Waals surface area (Å²) >= 11 is 0. The normalized spacial score (nSPS) is 16.2. The van der Waals surface area contributed by atoms with Gasteiger partial charge in [-0.15, -0.1) is 6.42 Å². The molecule has 0 spiro atoms. The first kappa shape index (κ1) is 25.3. The molecule has 1 aliphatic carbocycles. The van der Waals surface area contributed by atoms with Gasteiger partial charge in [0.2, 0.25) is 11.8 Å². The van der Waals surface area contributed by atoms with Gasteiger partial charge in [-0.05, 0) is 52.2 Å². The second-order valence-electron chi connectivity index (χ2n) is 9.29. The first-order valence-electron chi connectivity index (χ1n) is 11.2. The number of likely N-dealkylation sites (N-methyl/N-ethyl adjacent to an activating group) is 1. The highest BCUT2D eigenvalue weighted by atomic mass is 16.6. The number of nitrogens with one attached hydrogen (secondary N) is 2. The zero-order valence-electron chi connectivity index (χ0n) is 19.7. The summed E-state index contributed by atoms with van der Waals surface area (Å²) in [6.07, 6.45) is 10.1. The van der Waals surface area contributed by atoms with E-state index in [0.29, 0.717) is 11.1 Å². The Labute approximate surface area is 191 Å². The Morgan fingerprint density at radius 3 is 2.38 bits per heavy atom. The maximum absolute atomic E-state index is 13.4. The van der Waals surface area contributed by atoms with E-state index in [0.717, 1.165) is 25.7 Å². The monoisotopic (exact) mass is 441 g/mol. The van der Waals surface area contributed by atoms with Crippen LogP contribution in [0.3, 0.4) is 0 Å². The minimum Gasteiger partial charge on any atom is -0.444 e. The van der Waals surface area contributed by atoms with Crippen molar-refractivity contribution in [1.29, 1.82) is 0 Å². The molecule has 174 valence electrons. The van der Waals surface area contributed by atoms with E-state index in [1.165, 1.54) is 11.3 Å². The Kier molecular flexibility index (Phi) is 8.71. The number of ether oxygens (including phenoxy) is 1. The molecule has 32 heavy (non-hydrogen) atoms. The van der Waals surface area contributed by atoms with E-state index in [1.807, 2.05) is 0 Å². The number of hydrogen-bond acceptors (Lipinski definition) is 4. The number of nitrogens with zero attached hydrogens (tertiary/aromatic N) is 1. The minimum absolute atomic E-state index is 0.0811. The van der Waals surface area contributed by atoms with Crippen molar-refractivity contribution in [3.8, 4) is 12.3 Å². The van der Waals surface area contributed by atoms with Crippen LogP contribution in [0.15, 0.2) is 24.3 Å². The topological polar surface area (TPSA) is 87.7 Å². The largest absolute Gasteiger partial charge is 0.444 e. The van der Waals surface area contributed by atoms with Crippen molar-refractivity contribution in [3.63, 3.8) is 0 Å². The van der Waals surface area contributed by atoms with E-state index >= 15 is 0 Å². The maximum atomic E-state index is 13.4. The average Bonchev–Trinajstić information content (AvgIpc) is 2.72. The van der Waals surface area contributed by atoms with Crippen LogP contribution in [0.25, 0.3) is 0 Å². The number of benzene rings is 1. The molecule has 0 aliphatic heterocycles. The average molecular weight is 442 g/mol. The predicted molar refractivity (Wildman–Crippen MR) is 124 cm³/mol. The molecule has 0 radical (unpaired) electrons. The van der Waals surface area contributed by atoms with Gasteiger partial charge in [-0.1, -0.05) is 43.4 Å². The molecule has 2 rings (SSSR count). The van der Waals surface area contributed by atoms with Crippen LogP contribution in [-0.4, -0.2) is 47.5 Å². The summed E-state index contributed by atoms with van der Waals surface area (Å²) in [4.78, 5) is 40.0. The second kappa shape index (κ2) is 11.0. The van der Waals surface area contributed by atoms with Crippen LogP contribution in [0.5, 0.6) is 0 Å². The quantitative estimate of drug-likeness (QED) is 0.661. The van der Waals surface area contributed by atoms with Crippen LogP contribution >= 0.6 is 0 Å².